The number of hydrogen-bond donors (Lipinski definition) is 1. The molecule has 0 amide bonds. The van der Waals surface area contributed by atoms with Crippen LogP contribution in [-0.4, -0.2) is 55.4 Å². The topological polar surface area (TPSA) is 78.4 Å². The molecule has 1 aromatic heterocycles. The molecule has 1 N–H and O–H groups in total. The lowest BCUT2D eigenvalue weighted by Crippen LogP contribution is -2.49. The number of aryl methyl sites for hydroxylation is 1. The Kier molecular flexibility index (Phi) is 6.09. The van der Waals surface area contributed by atoms with Crippen LogP contribution in [0.1, 0.15) is 18.2 Å². The number of rotatable bonds is 6. The van der Waals surface area contributed by atoms with E-state index in [1.54, 1.807) is 0 Å². The summed E-state index contributed by atoms with van der Waals surface area (Å²) < 4.78 is 53.3. The highest BCUT2D eigenvalue weighted by atomic mass is 32.2. The van der Waals surface area contributed by atoms with E-state index in [2.05, 4.69) is 15.3 Å². The van der Waals surface area contributed by atoms with Gasteiger partial charge in [0.15, 0.2) is 0 Å². The van der Waals surface area contributed by atoms with E-state index in [9.17, 15) is 17.2 Å². The Labute approximate surface area is 163 Å². The van der Waals surface area contributed by atoms with Crippen molar-refractivity contribution >= 4 is 21.8 Å². The summed E-state index contributed by atoms with van der Waals surface area (Å²) in [5.74, 6) is -0.719. The van der Waals surface area contributed by atoms with Crippen LogP contribution in [0.3, 0.4) is 0 Å². The van der Waals surface area contributed by atoms with Crippen LogP contribution in [-0.2, 0) is 15.8 Å². The third kappa shape index (κ3) is 4.93. The summed E-state index contributed by atoms with van der Waals surface area (Å²) in [7, 11) is -3.67. The van der Waals surface area contributed by atoms with E-state index in [1.165, 1.54) is 4.31 Å². The molecule has 0 unspecified atom stereocenters. The fourth-order valence-electron chi connectivity index (χ4n) is 3.14. The van der Waals surface area contributed by atoms with Gasteiger partial charge in [0.05, 0.1) is 5.75 Å². The van der Waals surface area contributed by atoms with Crippen molar-refractivity contribution in [1.82, 2.24) is 14.3 Å². The highest BCUT2D eigenvalue weighted by Gasteiger charge is 2.28. The quantitative estimate of drug-likeness (QED) is 0.785. The molecule has 2 aromatic rings. The molecule has 0 aliphatic carbocycles. The molecule has 1 aliphatic rings. The SMILES string of the molecule is CCNc1nc(C)cc(N2CCN(S(=O)(=O)Cc3cc(F)cc(F)c3)CC2)n1. The lowest BCUT2D eigenvalue weighted by molar-refractivity contribution is 0.383. The van der Waals surface area contributed by atoms with Crippen molar-refractivity contribution in [2.45, 2.75) is 19.6 Å². The average Bonchev–Trinajstić information content (AvgIpc) is 2.60. The predicted molar refractivity (Wildman–Crippen MR) is 104 cm³/mol. The van der Waals surface area contributed by atoms with Crippen molar-refractivity contribution in [2.75, 3.05) is 42.9 Å². The molecule has 2 heterocycles. The van der Waals surface area contributed by atoms with Crippen LogP contribution in [0.25, 0.3) is 0 Å². The molecule has 0 radical (unpaired) electrons. The van der Waals surface area contributed by atoms with Crippen LogP contribution in [0.2, 0.25) is 0 Å². The monoisotopic (exact) mass is 411 g/mol. The van der Waals surface area contributed by atoms with Crippen molar-refractivity contribution in [3.05, 3.63) is 47.2 Å². The third-order valence-electron chi connectivity index (χ3n) is 4.40. The molecular formula is C18H23F2N5O2S. The van der Waals surface area contributed by atoms with Gasteiger partial charge in [0.2, 0.25) is 16.0 Å². The smallest absolute Gasteiger partial charge is 0.224 e. The first kappa shape index (κ1) is 20.4. The number of aromatic nitrogens is 2. The van der Waals surface area contributed by atoms with Gasteiger partial charge in [-0.15, -0.1) is 0 Å². The molecule has 152 valence electrons. The van der Waals surface area contributed by atoms with Gasteiger partial charge >= 0.3 is 0 Å². The number of halogens is 2. The van der Waals surface area contributed by atoms with Gasteiger partial charge < -0.3 is 10.2 Å². The number of benzene rings is 1. The molecule has 1 saturated heterocycles. The number of sulfonamides is 1. The van der Waals surface area contributed by atoms with E-state index in [1.807, 2.05) is 24.8 Å². The second kappa shape index (κ2) is 8.36. The minimum atomic E-state index is -3.67. The molecule has 0 bridgehead atoms. The zero-order valence-corrected chi connectivity index (χ0v) is 16.6. The van der Waals surface area contributed by atoms with E-state index in [0.29, 0.717) is 25.6 Å². The molecule has 3 rings (SSSR count). The number of nitrogens with one attached hydrogen (secondary N) is 1. The average molecular weight is 411 g/mol. The van der Waals surface area contributed by atoms with Gasteiger partial charge in [-0.3, -0.25) is 0 Å². The Balaban J connectivity index is 1.67. The molecule has 7 nitrogen and oxygen atoms in total. The molecule has 10 heteroatoms. The highest BCUT2D eigenvalue weighted by molar-refractivity contribution is 7.88. The normalized spacial score (nSPS) is 15.6. The fourth-order valence-corrected chi connectivity index (χ4v) is 4.63. The van der Waals surface area contributed by atoms with Crippen molar-refractivity contribution < 1.29 is 17.2 Å². The van der Waals surface area contributed by atoms with Gasteiger partial charge in [-0.2, -0.15) is 9.29 Å². The fraction of sp³-hybridized carbons (Fsp3) is 0.444. The van der Waals surface area contributed by atoms with Crippen molar-refractivity contribution in [1.29, 1.82) is 0 Å². The van der Waals surface area contributed by atoms with Gasteiger partial charge in [0.25, 0.3) is 0 Å². The minimum Gasteiger partial charge on any atom is -0.354 e. The lowest BCUT2D eigenvalue weighted by Gasteiger charge is -2.34. The molecular weight excluding hydrogens is 388 g/mol. The number of anilines is 2. The van der Waals surface area contributed by atoms with Crippen LogP contribution in [0.15, 0.2) is 24.3 Å². The first-order chi connectivity index (χ1) is 13.3. The van der Waals surface area contributed by atoms with Crippen LogP contribution < -0.4 is 10.2 Å². The van der Waals surface area contributed by atoms with Gasteiger partial charge in [0, 0.05) is 50.6 Å². The van der Waals surface area contributed by atoms with Gasteiger partial charge in [0.1, 0.15) is 17.5 Å². The van der Waals surface area contributed by atoms with E-state index in [0.717, 1.165) is 29.7 Å². The summed E-state index contributed by atoms with van der Waals surface area (Å²) >= 11 is 0. The Morgan fingerprint density at radius 1 is 1.04 bits per heavy atom. The van der Waals surface area contributed by atoms with Crippen molar-refractivity contribution in [2.24, 2.45) is 0 Å². The summed E-state index contributed by atoms with van der Waals surface area (Å²) in [6.07, 6.45) is 0. The van der Waals surface area contributed by atoms with E-state index in [-0.39, 0.29) is 18.7 Å². The Hall–Kier alpha value is -2.33. The van der Waals surface area contributed by atoms with Crippen molar-refractivity contribution in [3.8, 4) is 0 Å². The Bertz CT molecular complexity index is 927. The largest absolute Gasteiger partial charge is 0.354 e. The van der Waals surface area contributed by atoms with Gasteiger partial charge in [-0.05, 0) is 31.5 Å². The van der Waals surface area contributed by atoms with Crippen LogP contribution in [0.4, 0.5) is 20.5 Å². The van der Waals surface area contributed by atoms with Crippen LogP contribution in [0.5, 0.6) is 0 Å². The molecule has 1 aliphatic heterocycles. The van der Waals surface area contributed by atoms with Gasteiger partial charge in [-0.1, -0.05) is 0 Å². The number of piperazine rings is 1. The first-order valence-corrected chi connectivity index (χ1v) is 10.6. The molecule has 0 saturated carbocycles. The number of nitrogens with zero attached hydrogens (tertiary/aromatic N) is 4. The number of hydrogen-bond acceptors (Lipinski definition) is 6. The molecule has 1 fully saturated rings. The highest BCUT2D eigenvalue weighted by Crippen LogP contribution is 2.20. The maximum atomic E-state index is 13.3. The molecule has 28 heavy (non-hydrogen) atoms. The Morgan fingerprint density at radius 3 is 2.29 bits per heavy atom. The zero-order valence-electron chi connectivity index (χ0n) is 15.8. The molecule has 1 aromatic carbocycles. The standard InChI is InChI=1S/C18H23F2N5O2S/c1-3-21-18-22-13(2)8-17(23-18)24-4-6-25(7-5-24)28(26,27)12-14-9-15(19)11-16(20)10-14/h8-11H,3-7,12H2,1-2H3,(H,21,22,23). The maximum Gasteiger partial charge on any atom is 0.224 e. The maximum absolute atomic E-state index is 13.3. The minimum absolute atomic E-state index is 0.0987. The molecule has 0 atom stereocenters. The second-order valence-electron chi connectivity index (χ2n) is 6.64. The summed E-state index contributed by atoms with van der Waals surface area (Å²) in [5.41, 5.74) is 0.922. The first-order valence-electron chi connectivity index (χ1n) is 9.04. The van der Waals surface area contributed by atoms with Crippen LogP contribution in [0, 0.1) is 18.6 Å². The molecule has 0 spiro atoms. The Morgan fingerprint density at radius 2 is 1.68 bits per heavy atom. The van der Waals surface area contributed by atoms with Crippen molar-refractivity contribution in [3.63, 3.8) is 0 Å². The van der Waals surface area contributed by atoms with E-state index >= 15 is 0 Å². The lowest BCUT2D eigenvalue weighted by atomic mass is 10.2. The summed E-state index contributed by atoms with van der Waals surface area (Å²) in [6, 6.07) is 4.67. The second-order valence-corrected chi connectivity index (χ2v) is 8.61. The zero-order chi connectivity index (χ0) is 20.3. The summed E-state index contributed by atoms with van der Waals surface area (Å²) in [4.78, 5) is 10.8. The summed E-state index contributed by atoms with van der Waals surface area (Å²) in [5, 5.41) is 3.08. The predicted octanol–water partition coefficient (Wildman–Crippen LogP) is 2.15. The van der Waals surface area contributed by atoms with E-state index < -0.39 is 27.4 Å². The summed E-state index contributed by atoms with van der Waals surface area (Å²) in [6.45, 7) is 6.04. The van der Waals surface area contributed by atoms with Crippen LogP contribution >= 0.6 is 0 Å². The third-order valence-corrected chi connectivity index (χ3v) is 6.25. The van der Waals surface area contributed by atoms with E-state index in [4.69, 9.17) is 0 Å². The van der Waals surface area contributed by atoms with Gasteiger partial charge in [-0.25, -0.2) is 22.2 Å².